The van der Waals surface area contributed by atoms with Gasteiger partial charge in [0.25, 0.3) is 5.91 Å². The van der Waals surface area contributed by atoms with Crippen LogP contribution in [0.2, 0.25) is 0 Å². The maximum absolute atomic E-state index is 12.4. The molecule has 0 aromatic heterocycles. The molecule has 0 aliphatic carbocycles. The number of carbonyl (C=O) groups is 2. The molecule has 5 nitrogen and oxygen atoms in total. The van der Waals surface area contributed by atoms with Crippen molar-refractivity contribution < 1.29 is 9.59 Å². The lowest BCUT2D eigenvalue weighted by Crippen LogP contribution is -2.39. The molecule has 5 heteroatoms. The van der Waals surface area contributed by atoms with Crippen molar-refractivity contribution in [2.24, 2.45) is 4.99 Å². The molecule has 116 valence electrons. The minimum absolute atomic E-state index is 0.0524. The summed E-state index contributed by atoms with van der Waals surface area (Å²) < 4.78 is 0. The summed E-state index contributed by atoms with van der Waals surface area (Å²) in [5.74, 6) is -0.0524. The van der Waals surface area contributed by atoms with Gasteiger partial charge < -0.3 is 4.90 Å². The monoisotopic (exact) mass is 307 g/mol. The summed E-state index contributed by atoms with van der Waals surface area (Å²) in [6.45, 7) is 0.324. The number of rotatable bonds is 1. The standard InChI is InChI=1S/C18H17N3O2/c1-20-12-16(14-10-6-7-11-15(14)17(20)22)19-18(23)21(2)13-8-4-3-5-9-13/h3-11H,12H2,1-2H3. The number of urea groups is 1. The number of anilines is 1. The lowest BCUT2D eigenvalue weighted by Gasteiger charge is -2.26. The first kappa shape index (κ1) is 15.0. The Labute approximate surface area is 134 Å². The van der Waals surface area contributed by atoms with E-state index in [0.717, 1.165) is 11.3 Å². The van der Waals surface area contributed by atoms with Crippen LogP contribution in [0.25, 0.3) is 0 Å². The van der Waals surface area contributed by atoms with Crippen LogP contribution < -0.4 is 4.90 Å². The van der Waals surface area contributed by atoms with Crippen molar-refractivity contribution in [2.75, 3.05) is 25.5 Å². The van der Waals surface area contributed by atoms with Gasteiger partial charge >= 0.3 is 6.03 Å². The third kappa shape index (κ3) is 2.85. The summed E-state index contributed by atoms with van der Waals surface area (Å²) in [6, 6.07) is 16.2. The molecule has 3 rings (SSSR count). The smallest absolute Gasteiger partial charge is 0.336 e. The summed E-state index contributed by atoms with van der Waals surface area (Å²) in [4.78, 5) is 31.9. The van der Waals surface area contributed by atoms with Gasteiger partial charge in [0.2, 0.25) is 0 Å². The van der Waals surface area contributed by atoms with E-state index in [4.69, 9.17) is 0 Å². The van der Waals surface area contributed by atoms with Gasteiger partial charge in [-0.1, -0.05) is 36.4 Å². The Bertz CT molecular complexity index is 784. The summed E-state index contributed by atoms with van der Waals surface area (Å²) in [5, 5.41) is 0. The lowest BCUT2D eigenvalue weighted by molar-refractivity contribution is 0.0808. The van der Waals surface area contributed by atoms with E-state index in [0.29, 0.717) is 17.8 Å². The Morgan fingerprint density at radius 3 is 2.35 bits per heavy atom. The number of carbonyl (C=O) groups excluding carboxylic acids is 2. The van der Waals surface area contributed by atoms with E-state index in [1.165, 1.54) is 4.90 Å². The first-order valence-corrected chi connectivity index (χ1v) is 7.33. The number of aliphatic imine (C=N–C) groups is 1. The first-order chi connectivity index (χ1) is 11.1. The molecular formula is C18H17N3O2. The molecule has 2 aromatic carbocycles. The molecule has 0 atom stereocenters. The highest BCUT2D eigenvalue weighted by molar-refractivity contribution is 6.18. The second-order valence-corrected chi connectivity index (χ2v) is 5.44. The predicted molar refractivity (Wildman–Crippen MR) is 90.2 cm³/mol. The molecule has 2 aromatic rings. The highest BCUT2D eigenvalue weighted by Crippen LogP contribution is 2.19. The molecule has 0 spiro atoms. The maximum Gasteiger partial charge on any atom is 0.348 e. The molecule has 1 aliphatic heterocycles. The molecule has 0 N–H and O–H groups in total. The molecule has 0 saturated heterocycles. The zero-order valence-electron chi connectivity index (χ0n) is 13.1. The number of likely N-dealkylation sites (N-methyl/N-ethyl adjacent to an activating group) is 1. The van der Waals surface area contributed by atoms with Gasteiger partial charge in [-0.05, 0) is 18.2 Å². The van der Waals surface area contributed by atoms with Crippen molar-refractivity contribution in [1.29, 1.82) is 0 Å². The van der Waals surface area contributed by atoms with Gasteiger partial charge in [-0.3, -0.25) is 9.69 Å². The van der Waals surface area contributed by atoms with E-state index in [1.807, 2.05) is 48.5 Å². The number of para-hydroxylation sites is 1. The van der Waals surface area contributed by atoms with Crippen LogP contribution >= 0.6 is 0 Å². The van der Waals surface area contributed by atoms with Crippen molar-refractivity contribution in [3.63, 3.8) is 0 Å². The fraction of sp³-hybridized carbons (Fsp3) is 0.167. The van der Waals surface area contributed by atoms with Crippen molar-refractivity contribution in [3.8, 4) is 0 Å². The van der Waals surface area contributed by atoms with E-state index >= 15 is 0 Å². The van der Waals surface area contributed by atoms with Crippen LogP contribution in [-0.4, -0.2) is 43.2 Å². The molecule has 1 aliphatic rings. The number of fused-ring (bicyclic) bond motifs is 1. The second-order valence-electron chi connectivity index (χ2n) is 5.44. The predicted octanol–water partition coefficient (Wildman–Crippen LogP) is 2.82. The van der Waals surface area contributed by atoms with Gasteiger partial charge in [0.1, 0.15) is 0 Å². The average Bonchev–Trinajstić information content (AvgIpc) is 2.59. The Morgan fingerprint density at radius 1 is 1.04 bits per heavy atom. The summed E-state index contributed by atoms with van der Waals surface area (Å²) in [6.07, 6.45) is 0. The zero-order chi connectivity index (χ0) is 16.4. The summed E-state index contributed by atoms with van der Waals surface area (Å²) in [7, 11) is 3.39. The molecule has 0 unspecified atom stereocenters. The van der Waals surface area contributed by atoms with Crippen molar-refractivity contribution in [1.82, 2.24) is 4.90 Å². The van der Waals surface area contributed by atoms with Crippen LogP contribution in [0.5, 0.6) is 0 Å². The lowest BCUT2D eigenvalue weighted by atomic mass is 9.98. The summed E-state index contributed by atoms with van der Waals surface area (Å²) in [5.41, 5.74) is 2.69. The van der Waals surface area contributed by atoms with Gasteiger partial charge in [0.15, 0.2) is 0 Å². The topological polar surface area (TPSA) is 53.0 Å². The molecule has 0 fully saturated rings. The number of amides is 3. The Hall–Kier alpha value is -2.95. The molecule has 1 heterocycles. The third-order valence-corrected chi connectivity index (χ3v) is 3.86. The highest BCUT2D eigenvalue weighted by Gasteiger charge is 2.26. The highest BCUT2D eigenvalue weighted by atomic mass is 16.2. The van der Waals surface area contributed by atoms with E-state index in [2.05, 4.69) is 4.99 Å². The van der Waals surface area contributed by atoms with Crippen molar-refractivity contribution in [2.45, 2.75) is 0 Å². The Balaban J connectivity index is 1.95. The largest absolute Gasteiger partial charge is 0.348 e. The van der Waals surface area contributed by atoms with E-state index < -0.39 is 0 Å². The zero-order valence-corrected chi connectivity index (χ0v) is 13.1. The number of hydrogen-bond acceptors (Lipinski definition) is 2. The van der Waals surface area contributed by atoms with Crippen molar-refractivity contribution in [3.05, 3.63) is 65.7 Å². The van der Waals surface area contributed by atoms with Crippen LogP contribution in [0, 0.1) is 0 Å². The van der Waals surface area contributed by atoms with E-state index in [9.17, 15) is 9.59 Å². The number of nitrogens with zero attached hydrogens (tertiary/aromatic N) is 3. The number of hydrogen-bond donors (Lipinski definition) is 0. The molecule has 3 amide bonds. The van der Waals surface area contributed by atoms with Crippen LogP contribution in [-0.2, 0) is 0 Å². The normalized spacial score (nSPS) is 15.5. The van der Waals surface area contributed by atoms with Gasteiger partial charge in [-0.15, -0.1) is 0 Å². The van der Waals surface area contributed by atoms with E-state index in [1.54, 1.807) is 25.1 Å². The van der Waals surface area contributed by atoms with Crippen LogP contribution in [0.3, 0.4) is 0 Å². The van der Waals surface area contributed by atoms with Crippen LogP contribution in [0.15, 0.2) is 59.6 Å². The van der Waals surface area contributed by atoms with Crippen molar-refractivity contribution >= 4 is 23.3 Å². The minimum atomic E-state index is -0.358. The molecule has 23 heavy (non-hydrogen) atoms. The third-order valence-electron chi connectivity index (χ3n) is 3.86. The fourth-order valence-corrected chi connectivity index (χ4v) is 2.56. The minimum Gasteiger partial charge on any atom is -0.336 e. The number of benzene rings is 2. The van der Waals surface area contributed by atoms with Gasteiger partial charge in [-0.25, -0.2) is 4.79 Å². The molecule has 0 saturated carbocycles. The van der Waals surface area contributed by atoms with Crippen LogP contribution in [0.1, 0.15) is 15.9 Å². The average molecular weight is 307 g/mol. The Kier molecular flexibility index (Phi) is 3.93. The quantitative estimate of drug-likeness (QED) is 0.813. The maximum atomic E-state index is 12.4. The van der Waals surface area contributed by atoms with E-state index in [-0.39, 0.29) is 11.9 Å². The molecular weight excluding hydrogens is 290 g/mol. The first-order valence-electron chi connectivity index (χ1n) is 7.33. The van der Waals surface area contributed by atoms with Gasteiger partial charge in [0.05, 0.1) is 12.3 Å². The second kappa shape index (κ2) is 6.04. The fourth-order valence-electron chi connectivity index (χ4n) is 2.56. The SMILES string of the molecule is CN1CC(=NC(=O)N(C)c2ccccc2)c2ccccc2C1=O. The summed E-state index contributed by atoms with van der Waals surface area (Å²) >= 11 is 0. The van der Waals surface area contributed by atoms with Crippen LogP contribution in [0.4, 0.5) is 10.5 Å². The Morgan fingerprint density at radius 2 is 1.65 bits per heavy atom. The molecule has 0 bridgehead atoms. The molecule has 0 radical (unpaired) electrons. The van der Waals surface area contributed by atoms with Gasteiger partial charge in [-0.2, -0.15) is 4.99 Å². The van der Waals surface area contributed by atoms with Gasteiger partial charge in [0, 0.05) is 30.9 Å².